The fourth-order valence-electron chi connectivity index (χ4n) is 5.19. The van der Waals surface area contributed by atoms with Crippen LogP contribution in [0.2, 0.25) is 10.0 Å². The largest absolute Gasteiger partial charge is 0.352 e. The van der Waals surface area contributed by atoms with E-state index in [0.29, 0.717) is 33.3 Å². The Morgan fingerprint density at radius 1 is 0.951 bits per heavy atom. The summed E-state index contributed by atoms with van der Waals surface area (Å²) in [5.74, 6) is -0.868. The van der Waals surface area contributed by atoms with Gasteiger partial charge in [-0.3, -0.25) is 19.3 Å². The van der Waals surface area contributed by atoms with Gasteiger partial charge < -0.3 is 10.2 Å². The second-order valence-corrected chi connectivity index (χ2v) is 11.2. The zero-order chi connectivity index (χ0) is 29.1. The van der Waals surface area contributed by atoms with E-state index in [1.807, 2.05) is 74.5 Å². The van der Waals surface area contributed by atoms with Crippen LogP contribution in [0.15, 0.2) is 84.9 Å². The van der Waals surface area contributed by atoms with E-state index in [4.69, 9.17) is 23.2 Å². The summed E-state index contributed by atoms with van der Waals surface area (Å²) < 4.78 is 0. The number of hydrogen-bond acceptors (Lipinski definition) is 3. The van der Waals surface area contributed by atoms with Crippen molar-refractivity contribution in [3.63, 3.8) is 0 Å². The van der Waals surface area contributed by atoms with Gasteiger partial charge in [0, 0.05) is 40.0 Å². The lowest BCUT2D eigenvalue weighted by Crippen LogP contribution is -2.54. The Labute approximate surface area is 249 Å². The van der Waals surface area contributed by atoms with Crippen LogP contribution < -0.4 is 10.2 Å². The molecule has 0 radical (unpaired) electrons. The summed E-state index contributed by atoms with van der Waals surface area (Å²) in [6, 6.07) is 25.0. The Balaban J connectivity index is 1.53. The summed E-state index contributed by atoms with van der Waals surface area (Å²) in [6.07, 6.45) is 1.04. The van der Waals surface area contributed by atoms with Crippen LogP contribution >= 0.6 is 23.2 Å². The van der Waals surface area contributed by atoms with Crippen LogP contribution in [0.3, 0.4) is 0 Å². The first-order chi connectivity index (χ1) is 19.8. The highest BCUT2D eigenvalue weighted by Crippen LogP contribution is 2.37. The molecule has 4 aromatic rings. The second kappa shape index (κ2) is 12.3. The fourth-order valence-corrected chi connectivity index (χ4v) is 5.66. The van der Waals surface area contributed by atoms with Gasteiger partial charge in [-0.2, -0.15) is 0 Å². The molecule has 1 heterocycles. The highest BCUT2D eigenvalue weighted by atomic mass is 35.5. The summed E-state index contributed by atoms with van der Waals surface area (Å²) in [6.45, 7) is 3.77. The molecule has 0 saturated heterocycles. The first-order valence-electron chi connectivity index (χ1n) is 13.7. The molecule has 6 nitrogen and oxygen atoms in total. The molecular formula is C33H31Cl2N3O3. The second-order valence-electron chi connectivity index (χ2n) is 10.4. The normalized spacial score (nSPS) is 13.8. The van der Waals surface area contributed by atoms with Crippen LogP contribution in [0.1, 0.15) is 41.8 Å². The summed E-state index contributed by atoms with van der Waals surface area (Å²) in [5, 5.41) is 5.69. The molecule has 1 N–H and O–H groups in total. The van der Waals surface area contributed by atoms with Crippen molar-refractivity contribution in [2.24, 2.45) is 0 Å². The van der Waals surface area contributed by atoms with Crippen molar-refractivity contribution in [1.29, 1.82) is 0 Å². The zero-order valence-electron chi connectivity index (χ0n) is 22.9. The van der Waals surface area contributed by atoms with Crippen molar-refractivity contribution in [3.8, 4) is 0 Å². The third kappa shape index (κ3) is 6.09. The van der Waals surface area contributed by atoms with Gasteiger partial charge in [0.05, 0.1) is 5.69 Å². The highest BCUT2D eigenvalue weighted by molar-refractivity contribution is 6.35. The molecule has 8 heteroatoms. The van der Waals surface area contributed by atoms with Gasteiger partial charge in [0.15, 0.2) is 0 Å². The van der Waals surface area contributed by atoms with E-state index in [-0.39, 0.29) is 36.9 Å². The van der Waals surface area contributed by atoms with Crippen LogP contribution in [0.4, 0.5) is 5.69 Å². The predicted octanol–water partition coefficient (Wildman–Crippen LogP) is 6.66. The first kappa shape index (κ1) is 28.7. The average Bonchev–Trinajstić information content (AvgIpc) is 3.24. The van der Waals surface area contributed by atoms with Crippen molar-refractivity contribution in [2.75, 3.05) is 11.4 Å². The van der Waals surface area contributed by atoms with Crippen LogP contribution in [0.25, 0.3) is 10.8 Å². The van der Waals surface area contributed by atoms with Crippen LogP contribution in [-0.4, -0.2) is 41.2 Å². The van der Waals surface area contributed by atoms with Gasteiger partial charge >= 0.3 is 0 Å². The Morgan fingerprint density at radius 2 is 1.68 bits per heavy atom. The van der Waals surface area contributed by atoms with Gasteiger partial charge in [-0.15, -0.1) is 0 Å². The van der Waals surface area contributed by atoms with Crippen molar-refractivity contribution in [3.05, 3.63) is 112 Å². The van der Waals surface area contributed by atoms with Crippen molar-refractivity contribution >= 4 is 57.4 Å². The molecule has 0 aromatic heterocycles. The molecule has 0 spiro atoms. The van der Waals surface area contributed by atoms with Crippen molar-refractivity contribution in [2.45, 2.75) is 45.3 Å². The molecule has 1 aliphatic heterocycles. The molecule has 5 rings (SSSR count). The number of carbonyl (C=O) groups excluding carboxylic acids is 3. The lowest BCUT2D eigenvalue weighted by Gasteiger charge is -2.33. The van der Waals surface area contributed by atoms with Crippen LogP contribution in [0.5, 0.6) is 0 Å². The number of carbonyl (C=O) groups is 3. The number of nitrogens with one attached hydrogen (secondary N) is 1. The standard InChI is InChI=1S/C33H31Cl2N3O3/c1-3-21(2)36-32(40)29(17-22-9-5-4-6-10-22)37(19-24-15-16-25(34)18-27(24)35)30(39)20-38-28-14-8-12-23-11-7-13-26(31(23)28)33(38)41/h4-16,18,21,29H,3,17,19-20H2,1-2H3,(H,36,40)/t21-,29-/m0/s1. The molecule has 0 unspecified atom stereocenters. The minimum Gasteiger partial charge on any atom is -0.352 e. The highest BCUT2D eigenvalue weighted by Gasteiger charge is 2.36. The van der Waals surface area contributed by atoms with Crippen LogP contribution in [0, 0.1) is 0 Å². The molecule has 1 aliphatic rings. The first-order valence-corrected chi connectivity index (χ1v) is 14.4. The van der Waals surface area contributed by atoms with E-state index >= 15 is 0 Å². The van der Waals surface area contributed by atoms with Gasteiger partial charge in [0.1, 0.15) is 12.6 Å². The van der Waals surface area contributed by atoms with Gasteiger partial charge in [-0.25, -0.2) is 0 Å². The number of hydrogen-bond donors (Lipinski definition) is 1. The number of benzene rings is 4. The fraction of sp³-hybridized carbons (Fsp3) is 0.242. The van der Waals surface area contributed by atoms with E-state index in [0.717, 1.165) is 22.8 Å². The summed E-state index contributed by atoms with van der Waals surface area (Å²) in [5.41, 5.74) is 2.81. The van der Waals surface area contributed by atoms with Gasteiger partial charge in [0.2, 0.25) is 11.8 Å². The Kier molecular flexibility index (Phi) is 8.62. The van der Waals surface area contributed by atoms with E-state index in [9.17, 15) is 14.4 Å². The Morgan fingerprint density at radius 3 is 2.39 bits per heavy atom. The Hall–Kier alpha value is -3.87. The SMILES string of the molecule is CC[C@H](C)NC(=O)[C@H](Cc1ccccc1)N(Cc1ccc(Cl)cc1Cl)C(=O)CN1C(=O)c2cccc3cccc1c23. The molecule has 3 amide bonds. The molecule has 41 heavy (non-hydrogen) atoms. The number of amides is 3. The van der Waals surface area contributed by atoms with Crippen LogP contribution in [-0.2, 0) is 22.6 Å². The quantitative estimate of drug-likeness (QED) is 0.225. The molecular weight excluding hydrogens is 557 g/mol. The summed E-state index contributed by atoms with van der Waals surface area (Å²) in [4.78, 5) is 44.6. The van der Waals surface area contributed by atoms with Gasteiger partial charge in [-0.05, 0) is 54.1 Å². The average molecular weight is 589 g/mol. The predicted molar refractivity (Wildman–Crippen MR) is 164 cm³/mol. The number of nitrogens with zero attached hydrogens (tertiary/aromatic N) is 2. The third-order valence-electron chi connectivity index (χ3n) is 7.57. The van der Waals surface area contributed by atoms with Crippen molar-refractivity contribution in [1.82, 2.24) is 10.2 Å². The van der Waals surface area contributed by atoms with E-state index in [1.54, 1.807) is 24.3 Å². The van der Waals surface area contributed by atoms with E-state index in [1.165, 1.54) is 9.80 Å². The molecule has 0 aliphatic carbocycles. The molecule has 2 atom stereocenters. The number of halogens is 2. The minimum absolute atomic E-state index is 0.0689. The van der Waals surface area contributed by atoms with E-state index < -0.39 is 6.04 Å². The summed E-state index contributed by atoms with van der Waals surface area (Å²) in [7, 11) is 0. The van der Waals surface area contributed by atoms with Gasteiger partial charge in [-0.1, -0.05) is 90.8 Å². The molecule has 4 aromatic carbocycles. The monoisotopic (exact) mass is 587 g/mol. The van der Waals surface area contributed by atoms with E-state index in [2.05, 4.69) is 5.32 Å². The zero-order valence-corrected chi connectivity index (χ0v) is 24.5. The lowest BCUT2D eigenvalue weighted by molar-refractivity contribution is -0.140. The third-order valence-corrected chi connectivity index (χ3v) is 8.16. The Bertz CT molecular complexity index is 1600. The number of anilines is 1. The maximum absolute atomic E-state index is 14.3. The maximum Gasteiger partial charge on any atom is 0.259 e. The maximum atomic E-state index is 14.3. The number of rotatable bonds is 10. The lowest BCUT2D eigenvalue weighted by atomic mass is 10.0. The van der Waals surface area contributed by atoms with Crippen molar-refractivity contribution < 1.29 is 14.4 Å². The molecule has 0 fully saturated rings. The minimum atomic E-state index is -0.846. The molecule has 0 saturated carbocycles. The molecule has 210 valence electrons. The smallest absolute Gasteiger partial charge is 0.259 e. The topological polar surface area (TPSA) is 69.7 Å². The van der Waals surface area contributed by atoms with Gasteiger partial charge in [0.25, 0.3) is 5.91 Å². The summed E-state index contributed by atoms with van der Waals surface area (Å²) >= 11 is 12.7. The molecule has 0 bridgehead atoms.